The Kier molecular flexibility index (Phi) is 7.96. The van der Waals surface area contributed by atoms with E-state index in [9.17, 15) is 0 Å². The van der Waals surface area contributed by atoms with E-state index < -0.39 is 0 Å². The van der Waals surface area contributed by atoms with Crippen LogP contribution >= 0.6 is 0 Å². The second-order valence-corrected chi connectivity index (χ2v) is 4.27. The highest BCUT2D eigenvalue weighted by atomic mass is 16.5. The van der Waals surface area contributed by atoms with Crippen molar-refractivity contribution in [2.24, 2.45) is 5.73 Å². The van der Waals surface area contributed by atoms with Crippen LogP contribution in [-0.2, 0) is 4.74 Å². The molecule has 0 aromatic rings. The molecule has 0 saturated carbocycles. The minimum absolute atomic E-state index is 0.0747. The largest absolute Gasteiger partial charge is 0.394 e. The van der Waals surface area contributed by atoms with Crippen LogP contribution in [0.4, 0.5) is 0 Å². The maximum Gasteiger partial charge on any atom is 0.0611 e. The predicted octanol–water partition coefficient (Wildman–Crippen LogP) is 0.445. The summed E-state index contributed by atoms with van der Waals surface area (Å²) >= 11 is 0. The molecule has 0 heterocycles. The van der Waals surface area contributed by atoms with E-state index in [0.717, 1.165) is 39.0 Å². The molecule has 0 rings (SSSR count). The Morgan fingerprint density at radius 2 is 2.07 bits per heavy atom. The van der Waals surface area contributed by atoms with Crippen LogP contribution in [0.2, 0.25) is 0 Å². The van der Waals surface area contributed by atoms with Gasteiger partial charge in [0.15, 0.2) is 0 Å². The zero-order valence-corrected chi connectivity index (χ0v) is 10.3. The molecule has 1 unspecified atom stereocenters. The van der Waals surface area contributed by atoms with Gasteiger partial charge in [-0.1, -0.05) is 6.92 Å². The Labute approximate surface area is 93.4 Å². The van der Waals surface area contributed by atoms with Crippen LogP contribution in [0.15, 0.2) is 0 Å². The summed E-state index contributed by atoms with van der Waals surface area (Å²) < 4.78 is 5.00. The molecule has 0 radical (unpaired) electrons. The quantitative estimate of drug-likeness (QED) is 0.590. The van der Waals surface area contributed by atoms with Crippen molar-refractivity contribution in [3.63, 3.8) is 0 Å². The summed E-state index contributed by atoms with van der Waals surface area (Å²) in [5.41, 5.74) is 5.60. The molecule has 0 aromatic carbocycles. The molecular weight excluding hydrogens is 192 g/mol. The zero-order chi connectivity index (χ0) is 11.7. The number of nitrogens with zero attached hydrogens (tertiary/aromatic N) is 1. The average molecular weight is 218 g/mol. The van der Waals surface area contributed by atoms with Gasteiger partial charge in [0.1, 0.15) is 0 Å². The number of hydrogen-bond acceptors (Lipinski definition) is 4. The van der Waals surface area contributed by atoms with E-state index in [1.165, 1.54) is 0 Å². The molecule has 0 amide bonds. The summed E-state index contributed by atoms with van der Waals surface area (Å²) in [7, 11) is 3.78. The van der Waals surface area contributed by atoms with Crippen LogP contribution in [0.5, 0.6) is 0 Å². The van der Waals surface area contributed by atoms with Gasteiger partial charge in [-0.3, -0.25) is 0 Å². The number of rotatable bonds is 9. The van der Waals surface area contributed by atoms with Gasteiger partial charge in [0.05, 0.1) is 13.2 Å². The number of hydrogen-bond donors (Lipinski definition) is 2. The molecular formula is C11H26N2O2. The smallest absolute Gasteiger partial charge is 0.0611 e. The molecule has 0 bridgehead atoms. The summed E-state index contributed by atoms with van der Waals surface area (Å²) in [6.07, 6.45) is 2.72. The highest BCUT2D eigenvalue weighted by Gasteiger charge is 2.20. The standard InChI is InChI=1S/C11H26N2O2/c1-4-11(12,10-14)6-5-7-13(2)8-9-15-3/h14H,4-10,12H2,1-3H3. The molecule has 4 nitrogen and oxygen atoms in total. The Hall–Kier alpha value is -0.160. The molecule has 0 saturated heterocycles. The second-order valence-electron chi connectivity index (χ2n) is 4.27. The van der Waals surface area contributed by atoms with Crippen LogP contribution in [0.1, 0.15) is 26.2 Å². The van der Waals surface area contributed by atoms with Crippen molar-refractivity contribution >= 4 is 0 Å². The van der Waals surface area contributed by atoms with Gasteiger partial charge in [-0.05, 0) is 32.9 Å². The number of aliphatic hydroxyl groups is 1. The number of aliphatic hydroxyl groups excluding tert-OH is 1. The van der Waals surface area contributed by atoms with Gasteiger partial charge < -0.3 is 20.5 Å². The lowest BCUT2D eigenvalue weighted by atomic mass is 9.92. The zero-order valence-electron chi connectivity index (χ0n) is 10.3. The van der Waals surface area contributed by atoms with Gasteiger partial charge in [0, 0.05) is 19.2 Å². The Morgan fingerprint density at radius 3 is 2.53 bits per heavy atom. The lowest BCUT2D eigenvalue weighted by molar-refractivity contribution is 0.151. The number of methoxy groups -OCH3 is 1. The van der Waals surface area contributed by atoms with Gasteiger partial charge in [0.25, 0.3) is 0 Å². The minimum atomic E-state index is -0.387. The maximum atomic E-state index is 9.13. The lowest BCUT2D eigenvalue weighted by Crippen LogP contribution is -2.43. The molecule has 1 atom stereocenters. The van der Waals surface area contributed by atoms with Crippen molar-refractivity contribution < 1.29 is 9.84 Å². The first-order valence-electron chi connectivity index (χ1n) is 5.65. The summed E-state index contributed by atoms with van der Waals surface area (Å²) in [6.45, 7) is 4.80. The third kappa shape index (κ3) is 6.84. The first-order chi connectivity index (χ1) is 7.08. The van der Waals surface area contributed by atoms with Crippen molar-refractivity contribution in [3.8, 4) is 0 Å². The molecule has 92 valence electrons. The number of nitrogens with two attached hydrogens (primary N) is 1. The van der Waals surface area contributed by atoms with Crippen molar-refractivity contribution in [1.29, 1.82) is 0 Å². The van der Waals surface area contributed by atoms with Gasteiger partial charge in [-0.2, -0.15) is 0 Å². The van der Waals surface area contributed by atoms with Crippen molar-refractivity contribution in [1.82, 2.24) is 4.90 Å². The topological polar surface area (TPSA) is 58.7 Å². The van der Waals surface area contributed by atoms with Gasteiger partial charge in [0.2, 0.25) is 0 Å². The van der Waals surface area contributed by atoms with Gasteiger partial charge in [-0.25, -0.2) is 0 Å². The molecule has 4 heteroatoms. The highest BCUT2D eigenvalue weighted by Crippen LogP contribution is 2.13. The summed E-state index contributed by atoms with van der Waals surface area (Å²) in [5.74, 6) is 0. The van der Waals surface area contributed by atoms with Crippen LogP contribution in [0.25, 0.3) is 0 Å². The third-order valence-electron chi connectivity index (χ3n) is 2.91. The molecule has 0 aliphatic carbocycles. The van der Waals surface area contributed by atoms with Gasteiger partial charge in [-0.15, -0.1) is 0 Å². The Bertz CT molecular complexity index is 150. The number of likely N-dealkylation sites (N-methyl/N-ethyl adjacent to an activating group) is 1. The van der Waals surface area contributed by atoms with E-state index in [2.05, 4.69) is 11.9 Å². The van der Waals surface area contributed by atoms with Crippen LogP contribution in [-0.4, -0.2) is 56.0 Å². The van der Waals surface area contributed by atoms with Crippen molar-refractivity contribution in [3.05, 3.63) is 0 Å². The predicted molar refractivity (Wildman–Crippen MR) is 62.9 cm³/mol. The Balaban J connectivity index is 3.59. The summed E-state index contributed by atoms with van der Waals surface area (Å²) in [4.78, 5) is 2.22. The first-order valence-corrected chi connectivity index (χ1v) is 5.65. The SMILES string of the molecule is CCC(N)(CO)CCCN(C)CCOC. The fourth-order valence-electron chi connectivity index (χ4n) is 1.43. The molecule has 0 spiro atoms. The highest BCUT2D eigenvalue weighted by molar-refractivity contribution is 4.81. The summed E-state index contributed by atoms with van der Waals surface area (Å²) in [6, 6.07) is 0. The first kappa shape index (κ1) is 14.8. The second kappa shape index (κ2) is 8.05. The third-order valence-corrected chi connectivity index (χ3v) is 2.91. The molecule has 0 aromatic heterocycles. The minimum Gasteiger partial charge on any atom is -0.394 e. The molecule has 0 aliphatic rings. The van der Waals surface area contributed by atoms with Crippen LogP contribution < -0.4 is 5.73 Å². The fourth-order valence-corrected chi connectivity index (χ4v) is 1.43. The van der Waals surface area contributed by atoms with E-state index in [0.29, 0.717) is 0 Å². The van der Waals surface area contributed by atoms with Crippen LogP contribution in [0.3, 0.4) is 0 Å². The number of ether oxygens (including phenoxy) is 1. The lowest BCUT2D eigenvalue weighted by Gasteiger charge is -2.26. The molecule has 0 fully saturated rings. The fraction of sp³-hybridized carbons (Fsp3) is 1.00. The molecule has 0 aliphatic heterocycles. The van der Waals surface area contributed by atoms with Gasteiger partial charge >= 0.3 is 0 Å². The van der Waals surface area contributed by atoms with Crippen molar-refractivity contribution in [2.45, 2.75) is 31.7 Å². The van der Waals surface area contributed by atoms with E-state index >= 15 is 0 Å². The monoisotopic (exact) mass is 218 g/mol. The molecule has 15 heavy (non-hydrogen) atoms. The normalized spacial score (nSPS) is 15.6. The molecule has 3 N–H and O–H groups in total. The van der Waals surface area contributed by atoms with E-state index in [1.807, 2.05) is 6.92 Å². The van der Waals surface area contributed by atoms with Crippen LogP contribution in [0, 0.1) is 0 Å². The van der Waals surface area contributed by atoms with Crippen molar-refractivity contribution in [2.75, 3.05) is 40.5 Å². The maximum absolute atomic E-state index is 9.13. The average Bonchev–Trinajstić information content (AvgIpc) is 2.26. The summed E-state index contributed by atoms with van der Waals surface area (Å²) in [5, 5.41) is 9.13. The van der Waals surface area contributed by atoms with E-state index in [-0.39, 0.29) is 12.1 Å². The Morgan fingerprint density at radius 1 is 1.40 bits per heavy atom. The van der Waals surface area contributed by atoms with E-state index in [4.69, 9.17) is 15.6 Å². The van der Waals surface area contributed by atoms with E-state index in [1.54, 1.807) is 7.11 Å².